The molecule has 0 atom stereocenters. The van der Waals surface area contributed by atoms with Gasteiger partial charge in [0.25, 0.3) is 0 Å². The molecule has 1 N–H and O–H groups in total. The lowest BCUT2D eigenvalue weighted by Gasteiger charge is -2.09. The third kappa shape index (κ3) is 2.82. The highest BCUT2D eigenvalue weighted by atomic mass is 32.2. The molecule has 0 aliphatic rings. The zero-order chi connectivity index (χ0) is 18.2. The van der Waals surface area contributed by atoms with Gasteiger partial charge in [0.15, 0.2) is 4.90 Å². The van der Waals surface area contributed by atoms with E-state index >= 15 is 0 Å². The van der Waals surface area contributed by atoms with E-state index in [4.69, 9.17) is 4.74 Å². The van der Waals surface area contributed by atoms with Crippen molar-refractivity contribution in [3.63, 3.8) is 0 Å². The van der Waals surface area contributed by atoms with Crippen molar-refractivity contribution < 1.29 is 18.1 Å². The third-order valence-electron chi connectivity index (χ3n) is 3.70. The highest BCUT2D eigenvalue weighted by Crippen LogP contribution is 2.39. The van der Waals surface area contributed by atoms with Crippen molar-refractivity contribution >= 4 is 26.6 Å². The van der Waals surface area contributed by atoms with Crippen LogP contribution in [0.1, 0.15) is 12.5 Å². The molecule has 25 heavy (non-hydrogen) atoms. The zero-order valence-electron chi connectivity index (χ0n) is 13.5. The van der Waals surface area contributed by atoms with Crippen LogP contribution in [0.3, 0.4) is 0 Å². The van der Waals surface area contributed by atoms with E-state index in [-0.39, 0.29) is 28.3 Å². The molecular weight excluding hydrogens is 346 g/mol. The van der Waals surface area contributed by atoms with Gasteiger partial charge in [0.05, 0.1) is 21.8 Å². The lowest BCUT2D eigenvalue weighted by Crippen LogP contribution is -2.08. The van der Waals surface area contributed by atoms with Gasteiger partial charge in [-0.3, -0.25) is 10.1 Å². The van der Waals surface area contributed by atoms with Gasteiger partial charge in [-0.25, -0.2) is 13.4 Å². The number of nitrogens with zero attached hydrogens (tertiary/aromatic N) is 2. The Labute approximate surface area is 143 Å². The average molecular weight is 361 g/mol. The van der Waals surface area contributed by atoms with Crippen LogP contribution in [0, 0.1) is 17.0 Å². The zero-order valence-corrected chi connectivity index (χ0v) is 14.3. The van der Waals surface area contributed by atoms with Crippen LogP contribution < -0.4 is 4.74 Å². The summed E-state index contributed by atoms with van der Waals surface area (Å²) in [5, 5.41) is 11.5. The number of rotatable bonds is 5. The molecule has 2 aromatic heterocycles. The molecule has 0 spiro atoms. The Kier molecular flexibility index (Phi) is 4.17. The first-order chi connectivity index (χ1) is 11.9. The molecule has 2 heterocycles. The Morgan fingerprint density at radius 3 is 2.56 bits per heavy atom. The number of hydrogen-bond donors (Lipinski definition) is 1. The Balaban J connectivity index is 2.39. The molecule has 0 radical (unpaired) electrons. The number of ether oxygens (including phenoxy) is 1. The standard InChI is InChI=1S/C16H15N3O5S/c1-3-24-13-9-18-16-14(13)15(12(8-17-16)19(20)21)25(22,23)11-6-4-10(2)5-7-11/h4-9H,3H2,1-2H3,(H,17,18). The maximum atomic E-state index is 13.1. The Bertz CT molecular complexity index is 1060. The third-order valence-corrected chi connectivity index (χ3v) is 5.54. The quantitative estimate of drug-likeness (QED) is 0.552. The van der Waals surface area contributed by atoms with E-state index in [1.165, 1.54) is 18.3 Å². The van der Waals surface area contributed by atoms with Crippen LogP contribution in [0.15, 0.2) is 46.5 Å². The second-order valence-electron chi connectivity index (χ2n) is 5.36. The van der Waals surface area contributed by atoms with Crippen LogP contribution in [-0.2, 0) is 9.84 Å². The molecule has 0 unspecified atom stereocenters. The second-order valence-corrected chi connectivity index (χ2v) is 7.24. The maximum absolute atomic E-state index is 13.1. The summed E-state index contributed by atoms with van der Waals surface area (Å²) in [4.78, 5) is 17.0. The molecule has 0 bridgehead atoms. The first-order valence-electron chi connectivity index (χ1n) is 7.45. The van der Waals surface area contributed by atoms with E-state index in [0.29, 0.717) is 0 Å². The predicted octanol–water partition coefficient (Wildman–Crippen LogP) is 3.01. The fraction of sp³-hybridized carbons (Fsp3) is 0.188. The number of nitro groups is 1. The van der Waals surface area contributed by atoms with E-state index in [2.05, 4.69) is 9.97 Å². The molecule has 0 aliphatic carbocycles. The molecule has 0 saturated heterocycles. The molecule has 0 saturated carbocycles. The minimum atomic E-state index is -4.15. The number of aromatic amines is 1. The van der Waals surface area contributed by atoms with Gasteiger partial charge in [-0.05, 0) is 26.0 Å². The lowest BCUT2D eigenvalue weighted by atomic mass is 10.2. The number of hydrogen-bond acceptors (Lipinski definition) is 6. The first kappa shape index (κ1) is 16.9. The van der Waals surface area contributed by atoms with Crippen molar-refractivity contribution in [1.82, 2.24) is 9.97 Å². The first-order valence-corrected chi connectivity index (χ1v) is 8.93. The normalized spacial score (nSPS) is 11.6. The van der Waals surface area contributed by atoms with Crippen molar-refractivity contribution in [3.05, 3.63) is 52.3 Å². The van der Waals surface area contributed by atoms with E-state index in [9.17, 15) is 18.5 Å². The molecule has 0 fully saturated rings. The molecule has 8 nitrogen and oxygen atoms in total. The molecule has 3 rings (SSSR count). The van der Waals surface area contributed by atoms with Crippen LogP contribution in [0.2, 0.25) is 0 Å². The summed E-state index contributed by atoms with van der Waals surface area (Å²) in [6.45, 7) is 3.83. The minimum Gasteiger partial charge on any atom is -0.492 e. The van der Waals surface area contributed by atoms with Crippen LogP contribution in [0.25, 0.3) is 11.0 Å². The fourth-order valence-electron chi connectivity index (χ4n) is 2.54. The Morgan fingerprint density at radius 2 is 1.96 bits per heavy atom. The number of aromatic nitrogens is 2. The van der Waals surface area contributed by atoms with E-state index in [1.54, 1.807) is 19.1 Å². The highest BCUT2D eigenvalue weighted by molar-refractivity contribution is 7.91. The molecule has 3 aromatic rings. The largest absolute Gasteiger partial charge is 0.492 e. The fourth-order valence-corrected chi connectivity index (χ4v) is 4.13. The summed E-state index contributed by atoms with van der Waals surface area (Å²) < 4.78 is 31.7. The topological polar surface area (TPSA) is 115 Å². The summed E-state index contributed by atoms with van der Waals surface area (Å²) in [5.74, 6) is 0.208. The van der Waals surface area contributed by atoms with Gasteiger partial charge in [0.1, 0.15) is 17.6 Å². The smallest absolute Gasteiger partial charge is 0.307 e. The van der Waals surface area contributed by atoms with Gasteiger partial charge < -0.3 is 9.72 Å². The number of benzene rings is 1. The SMILES string of the molecule is CCOc1c[nH]c2ncc([N+](=O)[O-])c(S(=O)(=O)c3ccc(C)cc3)c12. The lowest BCUT2D eigenvalue weighted by molar-refractivity contribution is -0.387. The van der Waals surface area contributed by atoms with Gasteiger partial charge in [0, 0.05) is 6.20 Å². The molecule has 130 valence electrons. The van der Waals surface area contributed by atoms with E-state index < -0.39 is 25.3 Å². The predicted molar refractivity (Wildman–Crippen MR) is 90.5 cm³/mol. The average Bonchev–Trinajstić information content (AvgIpc) is 2.97. The Hall–Kier alpha value is -2.94. The van der Waals surface area contributed by atoms with Crippen LogP contribution >= 0.6 is 0 Å². The van der Waals surface area contributed by atoms with Crippen molar-refractivity contribution in [2.45, 2.75) is 23.6 Å². The molecule has 9 heteroatoms. The maximum Gasteiger partial charge on any atom is 0.307 e. The molecule has 1 aromatic carbocycles. The second kappa shape index (κ2) is 6.17. The summed E-state index contributed by atoms with van der Waals surface area (Å²) in [6, 6.07) is 6.12. The highest BCUT2D eigenvalue weighted by Gasteiger charge is 2.33. The van der Waals surface area contributed by atoms with E-state index in [0.717, 1.165) is 11.8 Å². The number of pyridine rings is 1. The number of nitrogens with one attached hydrogen (secondary N) is 1. The number of aryl methyl sites for hydroxylation is 1. The van der Waals surface area contributed by atoms with Crippen LogP contribution in [-0.4, -0.2) is 29.9 Å². The van der Waals surface area contributed by atoms with Crippen LogP contribution in [0.5, 0.6) is 5.75 Å². The summed E-state index contributed by atoms with van der Waals surface area (Å²) in [5.41, 5.74) is 0.498. The van der Waals surface area contributed by atoms with Gasteiger partial charge >= 0.3 is 5.69 Å². The van der Waals surface area contributed by atoms with Crippen molar-refractivity contribution in [2.24, 2.45) is 0 Å². The van der Waals surface area contributed by atoms with Crippen molar-refractivity contribution in [2.75, 3.05) is 6.61 Å². The van der Waals surface area contributed by atoms with Gasteiger partial charge in [-0.15, -0.1) is 0 Å². The Morgan fingerprint density at radius 1 is 1.28 bits per heavy atom. The monoisotopic (exact) mass is 361 g/mol. The van der Waals surface area contributed by atoms with Crippen LogP contribution in [0.4, 0.5) is 5.69 Å². The summed E-state index contributed by atoms with van der Waals surface area (Å²) in [7, 11) is -4.15. The van der Waals surface area contributed by atoms with Crippen molar-refractivity contribution in [1.29, 1.82) is 0 Å². The number of H-pyrrole nitrogens is 1. The summed E-state index contributed by atoms with van der Waals surface area (Å²) >= 11 is 0. The minimum absolute atomic E-state index is 0.0302. The van der Waals surface area contributed by atoms with Crippen molar-refractivity contribution in [3.8, 4) is 5.75 Å². The molecule has 0 amide bonds. The number of sulfone groups is 1. The van der Waals surface area contributed by atoms with Gasteiger partial charge in [0.2, 0.25) is 9.84 Å². The summed E-state index contributed by atoms with van der Waals surface area (Å²) in [6.07, 6.45) is 2.38. The molecular formula is C16H15N3O5S. The van der Waals surface area contributed by atoms with Gasteiger partial charge in [-0.1, -0.05) is 17.7 Å². The van der Waals surface area contributed by atoms with Gasteiger partial charge in [-0.2, -0.15) is 0 Å². The molecule has 0 aliphatic heterocycles. The van der Waals surface area contributed by atoms with E-state index in [1.807, 2.05) is 6.92 Å². The number of fused-ring (bicyclic) bond motifs is 1.